The number of rotatable bonds is 4. The van der Waals surface area contributed by atoms with E-state index in [1.165, 1.54) is 5.57 Å². The molecule has 1 heterocycles. The van der Waals surface area contributed by atoms with Crippen LogP contribution in [0.1, 0.15) is 27.7 Å². The number of ether oxygens (including phenoxy) is 1. The van der Waals surface area contributed by atoms with Crippen molar-refractivity contribution in [2.45, 2.75) is 40.3 Å². The van der Waals surface area contributed by atoms with Crippen LogP contribution in [0.25, 0.3) is 11.0 Å². The van der Waals surface area contributed by atoms with E-state index in [-0.39, 0.29) is 6.10 Å². The lowest BCUT2D eigenvalue weighted by Crippen LogP contribution is -2.05. The lowest BCUT2D eigenvalue weighted by molar-refractivity contribution is 0.245. The summed E-state index contributed by atoms with van der Waals surface area (Å²) in [6.45, 7) is 9.01. The molecule has 2 aromatic rings. The van der Waals surface area contributed by atoms with Crippen molar-refractivity contribution in [2.24, 2.45) is 0 Å². The second kappa shape index (κ2) is 5.61. The van der Waals surface area contributed by atoms with Gasteiger partial charge in [-0.05, 0) is 52.0 Å². The van der Waals surface area contributed by atoms with Gasteiger partial charge in [0.2, 0.25) is 0 Å². The number of hydrogen-bond acceptors (Lipinski definition) is 2. The van der Waals surface area contributed by atoms with E-state index >= 15 is 0 Å². The Hall–Kier alpha value is -1.55. The van der Waals surface area contributed by atoms with Gasteiger partial charge in [-0.15, -0.1) is 0 Å². The third-order valence-corrected chi connectivity index (χ3v) is 3.14. The molecule has 1 aromatic heterocycles. The Labute approximate surface area is 118 Å². The van der Waals surface area contributed by atoms with Gasteiger partial charge in [0.25, 0.3) is 0 Å². The van der Waals surface area contributed by atoms with Crippen LogP contribution in [0.5, 0.6) is 5.75 Å². The first kappa shape index (κ1) is 13.9. The van der Waals surface area contributed by atoms with E-state index in [1.54, 1.807) is 0 Å². The van der Waals surface area contributed by atoms with Crippen LogP contribution in [-0.2, 0) is 6.54 Å². The molecule has 0 aliphatic carbocycles. The number of benzene rings is 1. The van der Waals surface area contributed by atoms with Crippen LogP contribution < -0.4 is 4.74 Å². The van der Waals surface area contributed by atoms with E-state index in [0.717, 1.165) is 28.1 Å². The maximum atomic E-state index is 5.82. The summed E-state index contributed by atoms with van der Waals surface area (Å²) in [5.74, 6) is 0.856. The van der Waals surface area contributed by atoms with Crippen LogP contribution in [0.4, 0.5) is 0 Å². The molecule has 0 fully saturated rings. The van der Waals surface area contributed by atoms with Crippen molar-refractivity contribution >= 4 is 23.3 Å². The fraction of sp³-hybridized carbons (Fsp3) is 0.400. The van der Waals surface area contributed by atoms with Crippen molar-refractivity contribution < 1.29 is 4.74 Å². The van der Waals surface area contributed by atoms with Crippen LogP contribution in [0.15, 0.2) is 29.8 Å². The fourth-order valence-electron chi connectivity index (χ4n) is 1.96. The molecular formula is C15H20N2OS. The number of hydrogen-bond donors (Lipinski definition) is 1. The van der Waals surface area contributed by atoms with E-state index < -0.39 is 0 Å². The minimum atomic E-state index is 0.147. The van der Waals surface area contributed by atoms with Crippen molar-refractivity contribution in [1.29, 1.82) is 0 Å². The summed E-state index contributed by atoms with van der Waals surface area (Å²) < 4.78 is 8.63. The van der Waals surface area contributed by atoms with Gasteiger partial charge in [0.1, 0.15) is 11.3 Å². The normalized spacial score (nSPS) is 11.0. The van der Waals surface area contributed by atoms with E-state index in [4.69, 9.17) is 17.0 Å². The number of allylic oxidation sites excluding steroid dienone is 2. The van der Waals surface area contributed by atoms with Gasteiger partial charge in [-0.25, -0.2) is 0 Å². The number of fused-ring (bicyclic) bond motifs is 1. The minimum absolute atomic E-state index is 0.147. The van der Waals surface area contributed by atoms with Gasteiger partial charge in [-0.3, -0.25) is 0 Å². The van der Waals surface area contributed by atoms with Crippen LogP contribution >= 0.6 is 12.2 Å². The zero-order chi connectivity index (χ0) is 14.0. The fourth-order valence-corrected chi connectivity index (χ4v) is 2.24. The quantitative estimate of drug-likeness (QED) is 0.660. The van der Waals surface area contributed by atoms with Gasteiger partial charge >= 0.3 is 0 Å². The second-order valence-corrected chi connectivity index (χ2v) is 5.53. The molecule has 3 nitrogen and oxygen atoms in total. The summed E-state index contributed by atoms with van der Waals surface area (Å²) in [4.78, 5) is 3.25. The average molecular weight is 276 g/mol. The molecule has 0 unspecified atom stereocenters. The van der Waals surface area contributed by atoms with Gasteiger partial charge < -0.3 is 14.3 Å². The van der Waals surface area contributed by atoms with Crippen molar-refractivity contribution in [3.63, 3.8) is 0 Å². The molecule has 0 aliphatic heterocycles. The van der Waals surface area contributed by atoms with E-state index in [2.05, 4.69) is 35.5 Å². The van der Waals surface area contributed by atoms with Crippen molar-refractivity contribution in [3.05, 3.63) is 34.6 Å². The molecule has 4 heteroatoms. The lowest BCUT2D eigenvalue weighted by atomic mass is 10.2. The van der Waals surface area contributed by atoms with Gasteiger partial charge in [-0.2, -0.15) is 0 Å². The molecule has 1 N–H and O–H groups in total. The topological polar surface area (TPSA) is 29.9 Å². The lowest BCUT2D eigenvalue weighted by Gasteiger charge is -2.10. The summed E-state index contributed by atoms with van der Waals surface area (Å²) in [6, 6.07) is 6.04. The minimum Gasteiger partial charge on any atom is -0.489 e. The third-order valence-electron chi connectivity index (χ3n) is 2.82. The number of nitrogens with one attached hydrogen (secondary N) is 1. The Bertz CT molecular complexity index is 660. The Balaban J connectivity index is 2.52. The first-order valence-electron chi connectivity index (χ1n) is 6.50. The predicted octanol–water partition coefficient (Wildman–Crippen LogP) is 4.45. The number of aromatic nitrogens is 2. The number of imidazole rings is 1. The smallest absolute Gasteiger partial charge is 0.178 e. The molecular weight excluding hydrogens is 256 g/mol. The van der Waals surface area contributed by atoms with Gasteiger partial charge in [0.05, 0.1) is 11.6 Å². The van der Waals surface area contributed by atoms with Crippen LogP contribution in [0.3, 0.4) is 0 Å². The first-order valence-corrected chi connectivity index (χ1v) is 6.91. The monoisotopic (exact) mass is 276 g/mol. The number of H-pyrrole nitrogens is 1. The Kier molecular flexibility index (Phi) is 4.10. The van der Waals surface area contributed by atoms with E-state index in [0.29, 0.717) is 0 Å². The maximum absolute atomic E-state index is 5.82. The highest BCUT2D eigenvalue weighted by Crippen LogP contribution is 2.25. The summed E-state index contributed by atoms with van der Waals surface area (Å²) in [5, 5.41) is 0. The highest BCUT2D eigenvalue weighted by atomic mass is 32.1. The standard InChI is InChI=1S/C15H20N2OS/c1-10(2)8-9-17-12-6-5-7-13(18-11(3)4)14(12)16-15(17)19/h5-8,11H,9H2,1-4H3,(H,16,19). The summed E-state index contributed by atoms with van der Waals surface area (Å²) in [7, 11) is 0. The average Bonchev–Trinajstić information content (AvgIpc) is 2.63. The van der Waals surface area contributed by atoms with Crippen molar-refractivity contribution in [2.75, 3.05) is 0 Å². The van der Waals surface area contributed by atoms with Crippen LogP contribution in [0, 0.1) is 4.77 Å². The number of nitrogens with zero attached hydrogens (tertiary/aromatic N) is 1. The van der Waals surface area contributed by atoms with Crippen LogP contribution in [-0.4, -0.2) is 15.7 Å². The summed E-state index contributed by atoms with van der Waals surface area (Å²) in [5.41, 5.74) is 3.34. The molecule has 0 radical (unpaired) electrons. The highest BCUT2D eigenvalue weighted by molar-refractivity contribution is 7.71. The first-order chi connectivity index (χ1) is 8.99. The largest absolute Gasteiger partial charge is 0.489 e. The molecule has 0 amide bonds. The molecule has 0 saturated carbocycles. The molecule has 0 atom stereocenters. The van der Waals surface area contributed by atoms with Gasteiger partial charge in [-0.1, -0.05) is 17.7 Å². The molecule has 0 saturated heterocycles. The predicted molar refractivity (Wildman–Crippen MR) is 82.3 cm³/mol. The molecule has 2 rings (SSSR count). The highest BCUT2D eigenvalue weighted by Gasteiger charge is 2.09. The molecule has 102 valence electrons. The zero-order valence-electron chi connectivity index (χ0n) is 11.9. The van der Waals surface area contributed by atoms with Crippen LogP contribution in [0.2, 0.25) is 0 Å². The molecule has 19 heavy (non-hydrogen) atoms. The Morgan fingerprint density at radius 1 is 1.42 bits per heavy atom. The molecule has 1 aromatic carbocycles. The van der Waals surface area contributed by atoms with Crippen molar-refractivity contribution in [1.82, 2.24) is 9.55 Å². The van der Waals surface area contributed by atoms with Gasteiger partial charge in [0.15, 0.2) is 4.77 Å². The maximum Gasteiger partial charge on any atom is 0.178 e. The summed E-state index contributed by atoms with van der Waals surface area (Å²) >= 11 is 5.40. The van der Waals surface area contributed by atoms with Gasteiger partial charge in [0, 0.05) is 6.54 Å². The molecule has 0 bridgehead atoms. The van der Waals surface area contributed by atoms with Crippen molar-refractivity contribution in [3.8, 4) is 5.75 Å². The molecule has 0 aliphatic rings. The SMILES string of the molecule is CC(C)=CCn1c(=S)[nH]c2c(OC(C)C)cccc21. The Morgan fingerprint density at radius 3 is 2.79 bits per heavy atom. The Morgan fingerprint density at radius 2 is 2.16 bits per heavy atom. The molecule has 0 spiro atoms. The number of para-hydroxylation sites is 1. The third kappa shape index (κ3) is 3.07. The van der Waals surface area contributed by atoms with E-state index in [9.17, 15) is 0 Å². The van der Waals surface area contributed by atoms with E-state index in [1.807, 2.05) is 26.0 Å². The number of aromatic amines is 1. The zero-order valence-corrected chi connectivity index (χ0v) is 12.7. The summed E-state index contributed by atoms with van der Waals surface area (Å²) in [6.07, 6.45) is 2.31. The second-order valence-electron chi connectivity index (χ2n) is 5.14.